The molecule has 3 nitrogen and oxygen atoms in total. The van der Waals surface area contributed by atoms with Gasteiger partial charge in [-0.05, 0) is 81.7 Å². The van der Waals surface area contributed by atoms with Gasteiger partial charge in [-0.15, -0.1) is 22.7 Å². The van der Waals surface area contributed by atoms with Crippen LogP contribution in [0.2, 0.25) is 0 Å². The van der Waals surface area contributed by atoms with Gasteiger partial charge in [-0.3, -0.25) is 0 Å². The third-order valence-corrected chi connectivity index (χ3v) is 14.6. The highest BCUT2D eigenvalue weighted by atomic mass is 32.1. The van der Waals surface area contributed by atoms with Crippen LogP contribution >= 0.6 is 22.7 Å². The molecule has 2 aliphatic rings. The van der Waals surface area contributed by atoms with Crippen LogP contribution in [0, 0.1) is 0 Å². The summed E-state index contributed by atoms with van der Waals surface area (Å²) in [6.07, 6.45) is 0. The van der Waals surface area contributed by atoms with Crippen molar-refractivity contribution in [1.82, 2.24) is 0 Å². The van der Waals surface area contributed by atoms with Gasteiger partial charge in [-0.1, -0.05) is 133 Å². The van der Waals surface area contributed by atoms with E-state index in [0.29, 0.717) is 0 Å². The number of ether oxygens (including phenoxy) is 2. The van der Waals surface area contributed by atoms with Gasteiger partial charge in [0.05, 0.1) is 5.69 Å². The zero-order valence-electron chi connectivity index (χ0n) is 32.1. The quantitative estimate of drug-likeness (QED) is 0.162. The molecular formula is C54H32BNO2S2. The van der Waals surface area contributed by atoms with E-state index in [1.165, 1.54) is 51.5 Å². The summed E-state index contributed by atoms with van der Waals surface area (Å²) in [6.45, 7) is -0.0817. The van der Waals surface area contributed by atoms with Gasteiger partial charge in [0.1, 0.15) is 23.0 Å². The molecule has 6 heteroatoms. The molecule has 4 heterocycles. The first kappa shape index (κ1) is 33.8. The maximum Gasteiger partial charge on any atom is 0.260 e. The number of nitrogens with zero attached hydrogens (tertiary/aromatic N) is 1. The predicted molar refractivity (Wildman–Crippen MR) is 255 cm³/mol. The SMILES string of the molecule is c1ccc(N(c2ccccc2)c2cc3c4c(c2)Oc2cc(-c5cccc6c5sc5ccccc56)ccc2B4c2ccc(-c4cccc5c4sc4ccccc45)cc2O3)cc1. The maximum atomic E-state index is 7.10. The van der Waals surface area contributed by atoms with Gasteiger partial charge in [0.2, 0.25) is 0 Å². The fourth-order valence-electron chi connectivity index (χ4n) is 9.49. The largest absolute Gasteiger partial charge is 0.458 e. The summed E-state index contributed by atoms with van der Waals surface area (Å²) in [5, 5.41) is 5.17. The van der Waals surface area contributed by atoms with E-state index in [1.807, 2.05) is 22.7 Å². The van der Waals surface area contributed by atoms with Crippen molar-refractivity contribution >= 4 is 103 Å². The second-order valence-corrected chi connectivity index (χ2v) is 17.7. The van der Waals surface area contributed by atoms with E-state index in [4.69, 9.17) is 9.47 Å². The number of benzene rings is 9. The van der Waals surface area contributed by atoms with Crippen LogP contribution in [0.3, 0.4) is 0 Å². The van der Waals surface area contributed by atoms with Crippen molar-refractivity contribution in [2.45, 2.75) is 0 Å². The molecule has 0 unspecified atom stereocenters. The Labute approximate surface area is 355 Å². The molecule has 0 amide bonds. The predicted octanol–water partition coefficient (Wildman–Crippen LogP) is 14.0. The fourth-order valence-corrected chi connectivity index (χ4v) is 12.0. The Kier molecular flexibility index (Phi) is 7.44. The van der Waals surface area contributed by atoms with E-state index >= 15 is 0 Å². The average Bonchev–Trinajstić information content (AvgIpc) is 3.88. The van der Waals surface area contributed by atoms with Gasteiger partial charge >= 0.3 is 0 Å². The fraction of sp³-hybridized carbons (Fsp3) is 0. The Morgan fingerprint density at radius 3 is 1.32 bits per heavy atom. The summed E-state index contributed by atoms with van der Waals surface area (Å²) in [5.41, 5.74) is 11.1. The standard InChI is InChI=1S/C54H32BNO2S2/c1-3-13-35(14-4-1)56(36-15-5-2-6-16-36)37-31-48-52-49(32-37)58-47-30-34(39-20-12-22-43-41-18-8-10-24-51(41)60-54(39)43)26-28-45(47)55(52)44-27-25-33(29-46(44)57-48)38-19-11-21-42-40-17-7-9-23-50(40)59-53(38)42/h1-32H. The van der Waals surface area contributed by atoms with Crippen LogP contribution < -0.4 is 30.8 Å². The molecule has 0 spiro atoms. The van der Waals surface area contributed by atoms with Crippen molar-refractivity contribution in [2.75, 3.05) is 4.90 Å². The van der Waals surface area contributed by atoms with Crippen LogP contribution in [-0.4, -0.2) is 6.71 Å². The highest BCUT2D eigenvalue weighted by Crippen LogP contribution is 2.46. The minimum absolute atomic E-state index is 0.0817. The summed E-state index contributed by atoms with van der Waals surface area (Å²) < 4.78 is 19.4. The molecule has 280 valence electrons. The smallest absolute Gasteiger partial charge is 0.260 e. The number of para-hydroxylation sites is 2. The maximum absolute atomic E-state index is 7.10. The lowest BCUT2D eigenvalue weighted by molar-refractivity contribution is 0.465. The van der Waals surface area contributed by atoms with E-state index in [2.05, 4.69) is 199 Å². The zero-order chi connectivity index (χ0) is 39.3. The summed E-state index contributed by atoms with van der Waals surface area (Å²) in [6, 6.07) is 69.8. The number of anilines is 3. The third kappa shape index (κ3) is 5.14. The molecule has 11 aromatic rings. The number of fused-ring (bicyclic) bond motifs is 10. The molecule has 2 aliphatic heterocycles. The molecule has 0 atom stereocenters. The van der Waals surface area contributed by atoms with Crippen LogP contribution in [0.5, 0.6) is 23.0 Å². The molecular weight excluding hydrogens is 770 g/mol. The highest BCUT2D eigenvalue weighted by molar-refractivity contribution is 7.26. The normalized spacial score (nSPS) is 12.6. The van der Waals surface area contributed by atoms with Crippen molar-refractivity contribution < 1.29 is 9.47 Å². The Bertz CT molecular complexity index is 3290. The van der Waals surface area contributed by atoms with E-state index in [0.717, 1.165) is 67.6 Å². The molecule has 2 aromatic heterocycles. The summed E-state index contributed by atoms with van der Waals surface area (Å²) in [4.78, 5) is 2.28. The first-order chi connectivity index (χ1) is 29.7. The van der Waals surface area contributed by atoms with Gasteiger partial charge < -0.3 is 14.4 Å². The molecule has 0 saturated heterocycles. The molecule has 60 heavy (non-hydrogen) atoms. The summed E-state index contributed by atoms with van der Waals surface area (Å²) >= 11 is 3.71. The van der Waals surface area contributed by atoms with Crippen LogP contribution in [0.4, 0.5) is 17.1 Å². The topological polar surface area (TPSA) is 21.7 Å². The monoisotopic (exact) mass is 801 g/mol. The van der Waals surface area contributed by atoms with Crippen LogP contribution in [0.1, 0.15) is 0 Å². The Morgan fingerprint density at radius 2 is 0.817 bits per heavy atom. The lowest BCUT2D eigenvalue weighted by Gasteiger charge is -2.35. The van der Waals surface area contributed by atoms with Crippen molar-refractivity contribution in [1.29, 1.82) is 0 Å². The lowest BCUT2D eigenvalue weighted by atomic mass is 9.34. The molecule has 0 fully saturated rings. The Hall–Kier alpha value is -7.12. The van der Waals surface area contributed by atoms with Gasteiger partial charge in [-0.2, -0.15) is 0 Å². The average molecular weight is 802 g/mol. The number of thiophene rings is 2. The number of hydrogen-bond acceptors (Lipinski definition) is 5. The van der Waals surface area contributed by atoms with Crippen molar-refractivity contribution in [3.05, 3.63) is 194 Å². The number of rotatable bonds is 5. The van der Waals surface area contributed by atoms with Crippen LogP contribution in [0.15, 0.2) is 194 Å². The van der Waals surface area contributed by atoms with E-state index in [1.54, 1.807) is 0 Å². The molecule has 0 saturated carbocycles. The van der Waals surface area contributed by atoms with Crippen molar-refractivity contribution in [2.24, 2.45) is 0 Å². The molecule has 0 N–H and O–H groups in total. The zero-order valence-corrected chi connectivity index (χ0v) is 33.8. The van der Waals surface area contributed by atoms with Gasteiger partial charge in [-0.25, -0.2) is 0 Å². The van der Waals surface area contributed by atoms with Gasteiger partial charge in [0, 0.05) is 69.3 Å². The highest BCUT2D eigenvalue weighted by Gasteiger charge is 2.41. The van der Waals surface area contributed by atoms with E-state index < -0.39 is 0 Å². The second-order valence-electron chi connectivity index (χ2n) is 15.6. The summed E-state index contributed by atoms with van der Waals surface area (Å²) in [5.74, 6) is 3.34. The third-order valence-electron chi connectivity index (χ3n) is 12.2. The van der Waals surface area contributed by atoms with E-state index in [9.17, 15) is 0 Å². The molecule has 13 rings (SSSR count). The van der Waals surface area contributed by atoms with Gasteiger partial charge in [0.25, 0.3) is 6.71 Å². The van der Waals surface area contributed by atoms with E-state index in [-0.39, 0.29) is 6.71 Å². The van der Waals surface area contributed by atoms with Crippen LogP contribution in [0.25, 0.3) is 62.6 Å². The number of hydrogen-bond donors (Lipinski definition) is 0. The minimum Gasteiger partial charge on any atom is -0.458 e. The molecule has 0 radical (unpaired) electrons. The molecule has 0 bridgehead atoms. The second kappa shape index (κ2) is 13.2. The van der Waals surface area contributed by atoms with Crippen molar-refractivity contribution in [3.8, 4) is 45.3 Å². The Morgan fingerprint density at radius 1 is 0.367 bits per heavy atom. The minimum atomic E-state index is -0.0817. The van der Waals surface area contributed by atoms with Crippen LogP contribution in [-0.2, 0) is 0 Å². The van der Waals surface area contributed by atoms with Crippen molar-refractivity contribution in [3.63, 3.8) is 0 Å². The first-order valence-electron chi connectivity index (χ1n) is 20.3. The summed E-state index contributed by atoms with van der Waals surface area (Å²) in [7, 11) is 0. The molecule has 0 aliphatic carbocycles. The lowest BCUT2D eigenvalue weighted by Crippen LogP contribution is -2.57. The van der Waals surface area contributed by atoms with Gasteiger partial charge in [0.15, 0.2) is 0 Å². The first-order valence-corrected chi connectivity index (χ1v) is 21.9. The Balaban J connectivity index is 1.01. The molecule has 9 aromatic carbocycles.